The lowest BCUT2D eigenvalue weighted by Crippen LogP contribution is -2.40. The molecule has 2 heterocycles. The molecule has 168 valence electrons. The van der Waals surface area contributed by atoms with Gasteiger partial charge in [0.1, 0.15) is 0 Å². The minimum absolute atomic E-state index is 0.110. The van der Waals surface area contributed by atoms with Crippen LogP contribution in [0.4, 0.5) is 18.0 Å². The summed E-state index contributed by atoms with van der Waals surface area (Å²) in [6.45, 7) is 1.79. The molecule has 1 saturated heterocycles. The number of fused-ring (bicyclic) bond motifs is 1. The minimum Gasteiger partial charge on any atom is -0.425 e. The van der Waals surface area contributed by atoms with E-state index in [1.807, 2.05) is 0 Å². The highest BCUT2D eigenvalue weighted by atomic mass is 19.4. The van der Waals surface area contributed by atoms with Gasteiger partial charge in [-0.05, 0) is 35.4 Å². The maximum atomic E-state index is 13.7. The van der Waals surface area contributed by atoms with Crippen molar-refractivity contribution >= 4 is 23.0 Å². The number of hydrogen-bond acceptors (Lipinski definition) is 5. The van der Waals surface area contributed by atoms with Crippen LogP contribution >= 0.6 is 0 Å². The molecular formula is C22H19F3N2O5. The summed E-state index contributed by atoms with van der Waals surface area (Å²) in [6, 6.07) is 10.1. The van der Waals surface area contributed by atoms with Crippen LogP contribution in [0.25, 0.3) is 22.1 Å². The number of halogens is 3. The van der Waals surface area contributed by atoms with Crippen LogP contribution in [0, 0.1) is 0 Å². The molecule has 32 heavy (non-hydrogen) atoms. The minimum atomic E-state index is -4.71. The number of rotatable bonds is 3. The zero-order chi connectivity index (χ0) is 22.9. The van der Waals surface area contributed by atoms with E-state index >= 15 is 0 Å². The number of carbonyl (C=O) groups is 2. The first-order valence-electron chi connectivity index (χ1n) is 9.78. The second kappa shape index (κ2) is 8.54. The van der Waals surface area contributed by atoms with Gasteiger partial charge in [-0.2, -0.15) is 13.2 Å². The summed E-state index contributed by atoms with van der Waals surface area (Å²) in [5.41, 5.74) is -0.406. The number of hydrogen-bond donors (Lipinski definition) is 1. The number of carbonyl (C=O) groups excluding carboxylic acids is 2. The van der Waals surface area contributed by atoms with Crippen LogP contribution < -0.4 is 10.1 Å². The van der Waals surface area contributed by atoms with Crippen molar-refractivity contribution in [2.75, 3.05) is 33.4 Å². The van der Waals surface area contributed by atoms with Gasteiger partial charge < -0.3 is 24.1 Å². The van der Waals surface area contributed by atoms with Crippen LogP contribution in [0.1, 0.15) is 15.9 Å². The molecule has 1 fully saturated rings. The average Bonchev–Trinajstić information content (AvgIpc) is 3.19. The van der Waals surface area contributed by atoms with Crippen LogP contribution in [0.5, 0.6) is 5.95 Å². The second-order valence-corrected chi connectivity index (χ2v) is 7.13. The van der Waals surface area contributed by atoms with Gasteiger partial charge in [0.25, 0.3) is 11.9 Å². The van der Waals surface area contributed by atoms with Crippen molar-refractivity contribution in [3.63, 3.8) is 0 Å². The number of morpholine rings is 1. The highest BCUT2D eigenvalue weighted by molar-refractivity contribution is 5.96. The van der Waals surface area contributed by atoms with Crippen molar-refractivity contribution in [3.05, 3.63) is 53.6 Å². The van der Waals surface area contributed by atoms with Crippen LogP contribution in [-0.4, -0.2) is 50.3 Å². The number of ether oxygens (including phenoxy) is 2. The molecule has 10 heteroatoms. The number of benzene rings is 2. The molecule has 0 saturated carbocycles. The molecule has 2 aromatic carbocycles. The van der Waals surface area contributed by atoms with E-state index in [1.165, 1.54) is 19.2 Å². The molecule has 1 aliphatic heterocycles. The van der Waals surface area contributed by atoms with Crippen molar-refractivity contribution < 1.29 is 36.7 Å². The Bertz CT molecular complexity index is 1170. The number of alkyl halides is 3. The summed E-state index contributed by atoms with van der Waals surface area (Å²) in [6.07, 6.45) is -5.58. The van der Waals surface area contributed by atoms with Crippen molar-refractivity contribution in [3.8, 4) is 17.1 Å². The molecule has 1 N–H and O–H groups in total. The fourth-order valence-electron chi connectivity index (χ4n) is 3.48. The molecule has 0 radical (unpaired) electrons. The first kappa shape index (κ1) is 21.7. The summed E-state index contributed by atoms with van der Waals surface area (Å²) in [4.78, 5) is 25.8. The number of furan rings is 1. The van der Waals surface area contributed by atoms with Crippen molar-refractivity contribution in [2.24, 2.45) is 0 Å². The van der Waals surface area contributed by atoms with E-state index < -0.39 is 23.4 Å². The largest absolute Gasteiger partial charge is 0.425 e. The molecule has 4 rings (SSSR count). The third-order valence-corrected chi connectivity index (χ3v) is 5.04. The van der Waals surface area contributed by atoms with E-state index in [1.54, 1.807) is 29.2 Å². The molecule has 1 aromatic heterocycles. The number of amides is 2. The summed E-state index contributed by atoms with van der Waals surface area (Å²) in [7, 11) is 1.31. The quantitative estimate of drug-likeness (QED) is 0.646. The van der Waals surface area contributed by atoms with Gasteiger partial charge in [0.2, 0.25) is 0 Å². The predicted octanol–water partition coefficient (Wildman–Crippen LogP) is 4.31. The lowest BCUT2D eigenvalue weighted by molar-refractivity contribution is -0.136. The molecule has 0 aliphatic carbocycles. The van der Waals surface area contributed by atoms with Crippen molar-refractivity contribution in [1.82, 2.24) is 10.2 Å². The van der Waals surface area contributed by atoms with Gasteiger partial charge in [-0.3, -0.25) is 4.79 Å². The summed E-state index contributed by atoms with van der Waals surface area (Å²) < 4.78 is 56.5. The summed E-state index contributed by atoms with van der Waals surface area (Å²) >= 11 is 0. The Morgan fingerprint density at radius 1 is 1.06 bits per heavy atom. The van der Waals surface area contributed by atoms with Gasteiger partial charge in [0.05, 0.1) is 18.8 Å². The third kappa shape index (κ3) is 4.40. The molecule has 0 spiro atoms. The van der Waals surface area contributed by atoms with Crippen molar-refractivity contribution in [2.45, 2.75) is 6.18 Å². The normalized spacial score (nSPS) is 14.4. The fraction of sp³-hybridized carbons (Fsp3) is 0.273. The van der Waals surface area contributed by atoms with E-state index in [2.05, 4.69) is 5.32 Å². The number of nitrogens with zero attached hydrogens (tertiary/aromatic N) is 1. The first-order chi connectivity index (χ1) is 15.3. The van der Waals surface area contributed by atoms with Crippen LogP contribution in [0.15, 0.2) is 46.9 Å². The Balaban J connectivity index is 1.75. The average molecular weight is 448 g/mol. The second-order valence-electron chi connectivity index (χ2n) is 7.13. The Morgan fingerprint density at radius 3 is 2.50 bits per heavy atom. The molecule has 3 aromatic rings. The third-order valence-electron chi connectivity index (χ3n) is 5.04. The molecule has 0 unspecified atom stereocenters. The molecule has 0 atom stereocenters. The Morgan fingerprint density at radius 2 is 1.81 bits per heavy atom. The molecule has 7 nitrogen and oxygen atoms in total. The zero-order valence-electron chi connectivity index (χ0n) is 17.0. The molecule has 2 amide bonds. The monoisotopic (exact) mass is 448 g/mol. The van der Waals surface area contributed by atoms with Gasteiger partial charge in [-0.1, -0.05) is 12.1 Å². The molecule has 1 aliphatic rings. The van der Waals surface area contributed by atoms with Gasteiger partial charge in [0.15, 0.2) is 5.58 Å². The van der Waals surface area contributed by atoms with Gasteiger partial charge >= 0.3 is 12.3 Å². The fourth-order valence-corrected chi connectivity index (χ4v) is 3.48. The van der Waals surface area contributed by atoms with Crippen molar-refractivity contribution in [1.29, 1.82) is 0 Å². The number of nitrogens with one attached hydrogen (secondary N) is 1. The van der Waals surface area contributed by atoms with E-state index in [0.717, 1.165) is 6.07 Å². The van der Waals surface area contributed by atoms with E-state index in [4.69, 9.17) is 13.9 Å². The zero-order valence-corrected chi connectivity index (χ0v) is 17.0. The predicted molar refractivity (Wildman–Crippen MR) is 108 cm³/mol. The summed E-state index contributed by atoms with van der Waals surface area (Å²) in [5.74, 6) is -0.574. The van der Waals surface area contributed by atoms with Crippen LogP contribution in [-0.2, 0) is 10.9 Å². The molecular weight excluding hydrogens is 429 g/mol. The van der Waals surface area contributed by atoms with E-state index in [-0.39, 0.29) is 22.8 Å². The smallest absolute Gasteiger partial charge is 0.420 e. The van der Waals surface area contributed by atoms with Gasteiger partial charge in [-0.15, -0.1) is 0 Å². The topological polar surface area (TPSA) is 81.0 Å². The summed E-state index contributed by atoms with van der Waals surface area (Å²) in [5, 5.41) is 2.31. The Labute approximate surface area is 180 Å². The highest BCUT2D eigenvalue weighted by Gasteiger charge is 2.35. The molecule has 0 bridgehead atoms. The lowest BCUT2D eigenvalue weighted by Gasteiger charge is -2.27. The van der Waals surface area contributed by atoms with Crippen LogP contribution in [0.3, 0.4) is 0 Å². The van der Waals surface area contributed by atoms with E-state index in [9.17, 15) is 22.8 Å². The Kier molecular flexibility index (Phi) is 5.79. The maximum Gasteiger partial charge on any atom is 0.420 e. The van der Waals surface area contributed by atoms with E-state index in [0.29, 0.717) is 37.4 Å². The maximum absolute atomic E-state index is 13.7. The van der Waals surface area contributed by atoms with Crippen LogP contribution in [0.2, 0.25) is 0 Å². The highest BCUT2D eigenvalue weighted by Crippen LogP contribution is 2.40. The first-order valence-corrected chi connectivity index (χ1v) is 9.78. The standard InChI is InChI=1S/C22H19F3N2O5/c1-26-21(29)32-18-12-16-10-15(11-17(19(16)31-18)22(23,24)25)13-3-2-4-14(9-13)20(28)27-5-7-30-8-6-27/h2-4,9-12H,5-8H2,1H3,(H,26,29). The Hall–Kier alpha value is -3.53. The SMILES string of the molecule is CNC(=O)Oc1cc2cc(-c3cccc(C(=O)N4CCOCC4)c3)cc(C(F)(F)F)c2o1. The van der Waals surface area contributed by atoms with Gasteiger partial charge in [0, 0.05) is 37.2 Å². The lowest BCUT2D eigenvalue weighted by atomic mass is 9.98. The van der Waals surface area contributed by atoms with Gasteiger partial charge in [-0.25, -0.2) is 4.79 Å².